The Morgan fingerprint density at radius 2 is 2.00 bits per heavy atom. The molecule has 2 heterocycles. The molecule has 1 aromatic carbocycles. The smallest absolute Gasteiger partial charge is 0.128 e. The van der Waals surface area contributed by atoms with Crippen molar-refractivity contribution in [1.29, 1.82) is 0 Å². The summed E-state index contributed by atoms with van der Waals surface area (Å²) in [7, 11) is 0. The maximum Gasteiger partial charge on any atom is 0.128 e. The van der Waals surface area contributed by atoms with Crippen LogP contribution in [0.4, 0.5) is 15.9 Å². The van der Waals surface area contributed by atoms with Crippen LogP contribution in [-0.2, 0) is 0 Å². The van der Waals surface area contributed by atoms with Crippen molar-refractivity contribution in [2.45, 2.75) is 18.9 Å². The van der Waals surface area contributed by atoms with E-state index in [2.05, 4.69) is 31.1 Å². The zero-order chi connectivity index (χ0) is 14.7. The molecule has 0 amide bonds. The first-order chi connectivity index (χ1) is 10.2. The zero-order valence-corrected chi connectivity index (χ0v) is 13.2. The molecule has 5 heteroatoms. The largest absolute Gasteiger partial charge is 0.381 e. The molecule has 21 heavy (non-hydrogen) atoms. The van der Waals surface area contributed by atoms with E-state index in [1.54, 1.807) is 6.07 Å². The molecular formula is C16H17BrFN3. The number of nitrogens with one attached hydrogen (secondary N) is 1. The minimum Gasteiger partial charge on any atom is -0.381 e. The van der Waals surface area contributed by atoms with E-state index in [4.69, 9.17) is 0 Å². The van der Waals surface area contributed by atoms with Crippen LogP contribution in [0.1, 0.15) is 12.8 Å². The summed E-state index contributed by atoms with van der Waals surface area (Å²) in [6.45, 7) is 1.92. The van der Waals surface area contributed by atoms with E-state index < -0.39 is 0 Å². The Morgan fingerprint density at radius 3 is 2.71 bits per heavy atom. The highest BCUT2D eigenvalue weighted by Crippen LogP contribution is 2.26. The van der Waals surface area contributed by atoms with Gasteiger partial charge in [0.1, 0.15) is 11.6 Å². The third kappa shape index (κ3) is 3.53. The molecule has 110 valence electrons. The lowest BCUT2D eigenvalue weighted by Gasteiger charge is -2.33. The highest BCUT2D eigenvalue weighted by Gasteiger charge is 2.20. The molecule has 3 nitrogen and oxygen atoms in total. The Kier molecular flexibility index (Phi) is 4.39. The summed E-state index contributed by atoms with van der Waals surface area (Å²) in [5, 5.41) is 3.43. The zero-order valence-electron chi connectivity index (χ0n) is 11.6. The number of hydrogen-bond acceptors (Lipinski definition) is 3. The summed E-state index contributed by atoms with van der Waals surface area (Å²) in [5.41, 5.74) is 0.825. The van der Waals surface area contributed by atoms with Gasteiger partial charge in [-0.15, -0.1) is 0 Å². The van der Waals surface area contributed by atoms with Gasteiger partial charge in [-0.1, -0.05) is 6.07 Å². The van der Waals surface area contributed by atoms with Crippen LogP contribution in [0, 0.1) is 5.82 Å². The summed E-state index contributed by atoms with van der Waals surface area (Å²) in [6, 6.07) is 11.1. The van der Waals surface area contributed by atoms with Gasteiger partial charge in [0.05, 0.1) is 5.69 Å². The van der Waals surface area contributed by atoms with E-state index in [0.717, 1.165) is 41.9 Å². The SMILES string of the molecule is Fc1ccc(Br)c(NC2CCN(c3ccccn3)CC2)c1. The average Bonchev–Trinajstić information content (AvgIpc) is 2.53. The number of aromatic nitrogens is 1. The summed E-state index contributed by atoms with van der Waals surface area (Å²) in [4.78, 5) is 6.68. The average molecular weight is 350 g/mol. The molecule has 1 aliphatic rings. The second kappa shape index (κ2) is 6.43. The second-order valence-electron chi connectivity index (χ2n) is 5.22. The molecule has 1 saturated heterocycles. The van der Waals surface area contributed by atoms with Crippen molar-refractivity contribution in [3.63, 3.8) is 0 Å². The van der Waals surface area contributed by atoms with Crippen molar-refractivity contribution in [3.05, 3.63) is 52.9 Å². The highest BCUT2D eigenvalue weighted by molar-refractivity contribution is 9.10. The van der Waals surface area contributed by atoms with Crippen LogP contribution in [0.3, 0.4) is 0 Å². The van der Waals surface area contributed by atoms with Gasteiger partial charge in [-0.05, 0) is 59.1 Å². The molecule has 0 radical (unpaired) electrons. The lowest BCUT2D eigenvalue weighted by atomic mass is 10.0. The van der Waals surface area contributed by atoms with Gasteiger partial charge < -0.3 is 10.2 Å². The van der Waals surface area contributed by atoms with Crippen LogP contribution >= 0.6 is 15.9 Å². The van der Waals surface area contributed by atoms with Crippen LogP contribution in [0.15, 0.2) is 47.1 Å². The van der Waals surface area contributed by atoms with E-state index >= 15 is 0 Å². The van der Waals surface area contributed by atoms with Crippen molar-refractivity contribution in [3.8, 4) is 0 Å². The number of pyridine rings is 1. The fourth-order valence-corrected chi connectivity index (χ4v) is 2.98. The van der Waals surface area contributed by atoms with Crippen molar-refractivity contribution >= 4 is 27.4 Å². The lowest BCUT2D eigenvalue weighted by molar-refractivity contribution is 0.523. The highest BCUT2D eigenvalue weighted by atomic mass is 79.9. The molecule has 0 saturated carbocycles. The van der Waals surface area contributed by atoms with Crippen molar-refractivity contribution in [1.82, 2.24) is 4.98 Å². The summed E-state index contributed by atoms with van der Waals surface area (Å²) in [6.07, 6.45) is 3.85. The van der Waals surface area contributed by atoms with Gasteiger partial charge in [0.2, 0.25) is 0 Å². The maximum absolute atomic E-state index is 13.3. The van der Waals surface area contributed by atoms with Gasteiger partial charge in [0.25, 0.3) is 0 Å². The van der Waals surface area contributed by atoms with Crippen LogP contribution in [0.5, 0.6) is 0 Å². The second-order valence-corrected chi connectivity index (χ2v) is 6.07. The third-order valence-electron chi connectivity index (χ3n) is 3.76. The number of anilines is 2. The first kappa shape index (κ1) is 14.3. The van der Waals surface area contributed by atoms with Gasteiger partial charge in [-0.3, -0.25) is 0 Å². The molecule has 0 bridgehead atoms. The molecule has 1 aromatic heterocycles. The Morgan fingerprint density at radius 1 is 1.19 bits per heavy atom. The summed E-state index contributed by atoms with van der Waals surface area (Å²) in [5.74, 6) is 0.814. The third-order valence-corrected chi connectivity index (χ3v) is 4.45. The lowest BCUT2D eigenvalue weighted by Crippen LogP contribution is -2.39. The van der Waals surface area contributed by atoms with E-state index in [1.807, 2.05) is 24.4 Å². The van der Waals surface area contributed by atoms with Gasteiger partial charge >= 0.3 is 0 Å². The van der Waals surface area contributed by atoms with Crippen LogP contribution in [0.2, 0.25) is 0 Å². The first-order valence-electron chi connectivity index (χ1n) is 7.10. The number of nitrogens with zero attached hydrogens (tertiary/aromatic N) is 2. The Balaban J connectivity index is 1.60. The molecule has 1 fully saturated rings. The van der Waals surface area contributed by atoms with Gasteiger partial charge in [0.15, 0.2) is 0 Å². The predicted molar refractivity (Wildman–Crippen MR) is 87.2 cm³/mol. The topological polar surface area (TPSA) is 28.2 Å². The monoisotopic (exact) mass is 349 g/mol. The number of piperidine rings is 1. The molecule has 2 aromatic rings. The van der Waals surface area contributed by atoms with Crippen LogP contribution in [-0.4, -0.2) is 24.1 Å². The fraction of sp³-hybridized carbons (Fsp3) is 0.312. The van der Waals surface area contributed by atoms with Gasteiger partial charge in [0, 0.05) is 29.8 Å². The molecule has 3 rings (SSSR count). The molecule has 0 spiro atoms. The summed E-state index contributed by atoms with van der Waals surface area (Å²) >= 11 is 3.46. The Bertz CT molecular complexity index is 598. The van der Waals surface area contributed by atoms with Crippen molar-refractivity contribution < 1.29 is 4.39 Å². The molecular weight excluding hydrogens is 333 g/mol. The Hall–Kier alpha value is -1.62. The number of hydrogen-bond donors (Lipinski definition) is 1. The van der Waals surface area contributed by atoms with Crippen LogP contribution < -0.4 is 10.2 Å². The number of halogens is 2. The van der Waals surface area contributed by atoms with Gasteiger partial charge in [-0.2, -0.15) is 0 Å². The first-order valence-corrected chi connectivity index (χ1v) is 7.89. The molecule has 0 aliphatic carbocycles. The normalized spacial score (nSPS) is 16.0. The standard InChI is InChI=1S/C16H17BrFN3/c17-14-5-4-12(18)11-15(14)20-13-6-9-21(10-7-13)16-3-1-2-8-19-16/h1-5,8,11,13,20H,6-7,9-10H2. The van der Waals surface area contributed by atoms with Gasteiger partial charge in [-0.25, -0.2) is 9.37 Å². The Labute approximate surface area is 132 Å². The van der Waals surface area contributed by atoms with E-state index in [9.17, 15) is 4.39 Å². The van der Waals surface area contributed by atoms with E-state index in [0.29, 0.717) is 6.04 Å². The molecule has 1 N–H and O–H groups in total. The predicted octanol–water partition coefficient (Wildman–Crippen LogP) is 4.06. The van der Waals surface area contributed by atoms with Crippen molar-refractivity contribution in [2.24, 2.45) is 0 Å². The van der Waals surface area contributed by atoms with Crippen molar-refractivity contribution in [2.75, 3.05) is 23.3 Å². The number of benzene rings is 1. The minimum absolute atomic E-state index is 0.216. The quantitative estimate of drug-likeness (QED) is 0.905. The number of rotatable bonds is 3. The maximum atomic E-state index is 13.3. The minimum atomic E-state index is -0.216. The summed E-state index contributed by atoms with van der Waals surface area (Å²) < 4.78 is 14.2. The molecule has 1 aliphatic heterocycles. The van der Waals surface area contributed by atoms with Crippen LogP contribution in [0.25, 0.3) is 0 Å². The fourth-order valence-electron chi connectivity index (χ4n) is 2.62. The molecule has 0 atom stereocenters. The van der Waals surface area contributed by atoms with E-state index in [-0.39, 0.29) is 5.82 Å². The van der Waals surface area contributed by atoms with E-state index in [1.165, 1.54) is 12.1 Å². The molecule has 0 unspecified atom stereocenters.